The number of ether oxygens (including phenoxy) is 1. The quantitative estimate of drug-likeness (QED) is 0.319. The summed E-state index contributed by atoms with van der Waals surface area (Å²) in [5.74, 6) is -1.01. The molecule has 9 heteroatoms. The highest BCUT2D eigenvalue weighted by Gasteiger charge is 2.11. The zero-order chi connectivity index (χ0) is 22.9. The van der Waals surface area contributed by atoms with Gasteiger partial charge in [-0.25, -0.2) is 14.5 Å². The highest BCUT2D eigenvalue weighted by molar-refractivity contribution is 5.95. The molecule has 0 saturated heterocycles. The van der Waals surface area contributed by atoms with E-state index < -0.39 is 18.5 Å². The molecule has 1 N–H and O–H groups in total. The van der Waals surface area contributed by atoms with Crippen LogP contribution >= 0.6 is 0 Å². The first kappa shape index (κ1) is 21.6. The Bertz CT molecular complexity index is 1220. The van der Waals surface area contributed by atoms with Crippen molar-refractivity contribution in [2.75, 3.05) is 11.9 Å². The van der Waals surface area contributed by atoms with Gasteiger partial charge in [-0.05, 0) is 54.1 Å². The average Bonchev–Trinajstić information content (AvgIpc) is 3.36. The number of benzene rings is 3. The van der Waals surface area contributed by atoms with Gasteiger partial charge in [-0.15, -0.1) is 0 Å². The van der Waals surface area contributed by atoms with Crippen LogP contribution in [0.4, 0.5) is 17.1 Å². The molecule has 1 amide bonds. The Hall–Kier alpha value is -4.66. The largest absolute Gasteiger partial charge is 0.452 e. The van der Waals surface area contributed by atoms with E-state index in [-0.39, 0.29) is 0 Å². The molecule has 33 heavy (non-hydrogen) atoms. The monoisotopic (exact) mass is 440 g/mol. The van der Waals surface area contributed by atoms with Crippen LogP contribution in [0.2, 0.25) is 0 Å². The van der Waals surface area contributed by atoms with Crippen LogP contribution in [0.15, 0.2) is 102 Å². The maximum Gasteiger partial charge on any atom is 0.338 e. The van der Waals surface area contributed by atoms with E-state index in [9.17, 15) is 9.59 Å². The number of amides is 1. The number of aromatic nitrogens is 3. The summed E-state index contributed by atoms with van der Waals surface area (Å²) in [5, 5.41) is 15.0. The Kier molecular flexibility index (Phi) is 6.92. The molecule has 0 radical (unpaired) electrons. The minimum Gasteiger partial charge on any atom is -0.452 e. The number of azo groups is 1. The minimum atomic E-state index is -0.575. The van der Waals surface area contributed by atoms with Crippen LogP contribution in [0.5, 0.6) is 0 Å². The molecule has 0 aliphatic carbocycles. The van der Waals surface area contributed by atoms with Crippen LogP contribution in [0, 0.1) is 0 Å². The molecule has 9 nitrogen and oxygen atoms in total. The first-order chi connectivity index (χ1) is 16.2. The number of anilines is 1. The van der Waals surface area contributed by atoms with Crippen LogP contribution in [0.3, 0.4) is 0 Å². The minimum absolute atomic E-state index is 0.360. The van der Waals surface area contributed by atoms with Crippen molar-refractivity contribution in [2.45, 2.75) is 6.54 Å². The number of hydrogen-bond acceptors (Lipinski definition) is 7. The highest BCUT2D eigenvalue weighted by atomic mass is 16.5. The predicted octanol–water partition coefficient (Wildman–Crippen LogP) is 4.54. The van der Waals surface area contributed by atoms with Gasteiger partial charge < -0.3 is 10.1 Å². The lowest BCUT2D eigenvalue weighted by atomic mass is 10.1. The molecule has 0 atom stereocenters. The predicted molar refractivity (Wildman–Crippen MR) is 122 cm³/mol. The summed E-state index contributed by atoms with van der Waals surface area (Å²) in [6, 6.07) is 23.1. The van der Waals surface area contributed by atoms with E-state index in [1.165, 1.54) is 6.33 Å². The van der Waals surface area contributed by atoms with Gasteiger partial charge in [0.05, 0.1) is 23.5 Å². The van der Waals surface area contributed by atoms with Crippen molar-refractivity contribution in [1.29, 1.82) is 0 Å². The summed E-state index contributed by atoms with van der Waals surface area (Å²) in [6.45, 7) is 0.152. The standard InChI is InChI=1S/C24H20N6O3/c31-23(27-20-10-12-22(13-11-20)29-28-21-4-2-1-3-5-21)15-33-24(32)19-8-6-18(7-9-19)14-30-17-25-16-26-30/h1-13,16-17H,14-15H2,(H,27,31). The summed E-state index contributed by atoms with van der Waals surface area (Å²) in [5.41, 5.74) is 3.28. The van der Waals surface area contributed by atoms with Crippen LogP contribution < -0.4 is 5.32 Å². The second kappa shape index (κ2) is 10.6. The van der Waals surface area contributed by atoms with Crippen molar-refractivity contribution in [3.8, 4) is 0 Å². The lowest BCUT2D eigenvalue weighted by Gasteiger charge is -2.07. The molecule has 1 heterocycles. The number of carbonyl (C=O) groups is 2. The average molecular weight is 440 g/mol. The molecule has 3 aromatic carbocycles. The van der Waals surface area contributed by atoms with Gasteiger partial charge in [0.1, 0.15) is 12.7 Å². The molecule has 0 aliphatic heterocycles. The smallest absolute Gasteiger partial charge is 0.338 e. The Balaban J connectivity index is 1.24. The summed E-state index contributed by atoms with van der Waals surface area (Å²) in [6.07, 6.45) is 3.07. The van der Waals surface area contributed by atoms with E-state index in [1.54, 1.807) is 59.5 Å². The van der Waals surface area contributed by atoms with Gasteiger partial charge in [-0.3, -0.25) is 4.79 Å². The molecule has 0 bridgehead atoms. The number of nitrogens with one attached hydrogen (secondary N) is 1. The third-order valence-corrected chi connectivity index (χ3v) is 4.52. The topological polar surface area (TPSA) is 111 Å². The van der Waals surface area contributed by atoms with Crippen molar-refractivity contribution in [1.82, 2.24) is 14.8 Å². The van der Waals surface area contributed by atoms with Gasteiger partial charge in [0, 0.05) is 5.69 Å². The SMILES string of the molecule is O=C(COC(=O)c1ccc(Cn2cncn2)cc1)Nc1ccc(N=Nc2ccccc2)cc1. The van der Waals surface area contributed by atoms with Gasteiger partial charge in [-0.1, -0.05) is 30.3 Å². The van der Waals surface area contributed by atoms with Gasteiger partial charge in [0.15, 0.2) is 6.61 Å². The third-order valence-electron chi connectivity index (χ3n) is 4.52. The van der Waals surface area contributed by atoms with Crippen molar-refractivity contribution in [3.63, 3.8) is 0 Å². The lowest BCUT2D eigenvalue weighted by Crippen LogP contribution is -2.20. The molecule has 0 saturated carbocycles. The maximum atomic E-state index is 12.2. The number of rotatable bonds is 8. The molecule has 4 rings (SSSR count). The molecule has 0 fully saturated rings. The zero-order valence-corrected chi connectivity index (χ0v) is 17.5. The van der Waals surface area contributed by atoms with Gasteiger partial charge in [0.2, 0.25) is 0 Å². The van der Waals surface area contributed by atoms with Crippen molar-refractivity contribution < 1.29 is 14.3 Å². The number of nitrogens with zero attached hydrogens (tertiary/aromatic N) is 5. The van der Waals surface area contributed by atoms with Crippen LogP contribution in [-0.2, 0) is 16.1 Å². The maximum absolute atomic E-state index is 12.2. The summed E-state index contributed by atoms with van der Waals surface area (Å²) >= 11 is 0. The fraction of sp³-hybridized carbons (Fsp3) is 0.0833. The number of hydrogen-bond donors (Lipinski definition) is 1. The first-order valence-electron chi connectivity index (χ1n) is 10.1. The molecule has 0 unspecified atom stereocenters. The number of esters is 1. The molecule has 4 aromatic rings. The summed E-state index contributed by atoms with van der Waals surface area (Å²) in [4.78, 5) is 28.2. The number of carbonyl (C=O) groups excluding carboxylic acids is 2. The first-order valence-corrected chi connectivity index (χ1v) is 10.1. The fourth-order valence-corrected chi connectivity index (χ4v) is 2.88. The highest BCUT2D eigenvalue weighted by Crippen LogP contribution is 2.20. The van der Waals surface area contributed by atoms with E-state index in [4.69, 9.17) is 4.74 Å². The Labute approximate surface area is 189 Å². The molecule has 0 spiro atoms. The van der Waals surface area contributed by atoms with Crippen molar-refractivity contribution >= 4 is 28.9 Å². The summed E-state index contributed by atoms with van der Waals surface area (Å²) < 4.78 is 6.78. The molecule has 164 valence electrons. The van der Waals surface area contributed by atoms with Crippen molar-refractivity contribution in [2.24, 2.45) is 10.2 Å². The third kappa shape index (κ3) is 6.41. The van der Waals surface area contributed by atoms with Crippen LogP contribution in [-0.4, -0.2) is 33.2 Å². The second-order valence-corrected chi connectivity index (χ2v) is 7.00. The van der Waals surface area contributed by atoms with E-state index in [1.807, 2.05) is 30.3 Å². The Morgan fingerprint density at radius 1 is 0.879 bits per heavy atom. The summed E-state index contributed by atoms with van der Waals surface area (Å²) in [7, 11) is 0. The zero-order valence-electron chi connectivity index (χ0n) is 17.5. The lowest BCUT2D eigenvalue weighted by molar-refractivity contribution is -0.119. The molecular weight excluding hydrogens is 420 g/mol. The van der Waals surface area contributed by atoms with Crippen LogP contribution in [0.1, 0.15) is 15.9 Å². The van der Waals surface area contributed by atoms with Crippen molar-refractivity contribution in [3.05, 3.63) is 103 Å². The van der Waals surface area contributed by atoms with Gasteiger partial charge in [-0.2, -0.15) is 15.3 Å². The van der Waals surface area contributed by atoms with E-state index >= 15 is 0 Å². The van der Waals surface area contributed by atoms with E-state index in [0.29, 0.717) is 23.5 Å². The Morgan fingerprint density at radius 3 is 2.24 bits per heavy atom. The van der Waals surface area contributed by atoms with Gasteiger partial charge >= 0.3 is 5.97 Å². The van der Waals surface area contributed by atoms with Crippen LogP contribution in [0.25, 0.3) is 0 Å². The molecule has 0 aliphatic rings. The van der Waals surface area contributed by atoms with Gasteiger partial charge in [0.25, 0.3) is 5.91 Å². The fourth-order valence-electron chi connectivity index (χ4n) is 2.88. The second-order valence-electron chi connectivity index (χ2n) is 7.00. The Morgan fingerprint density at radius 2 is 1.58 bits per heavy atom. The van der Waals surface area contributed by atoms with E-state index in [0.717, 1.165) is 11.3 Å². The molecule has 1 aromatic heterocycles. The van der Waals surface area contributed by atoms with E-state index in [2.05, 4.69) is 25.6 Å². The normalized spacial score (nSPS) is 10.8. The molecular formula is C24H20N6O3.